The van der Waals surface area contributed by atoms with Crippen molar-refractivity contribution in [3.63, 3.8) is 0 Å². The van der Waals surface area contributed by atoms with Crippen LogP contribution in [0, 0.1) is 27.7 Å². The predicted molar refractivity (Wildman–Crippen MR) is 278 cm³/mol. The Morgan fingerprint density at radius 2 is 0.821 bits per heavy atom. The van der Waals surface area contributed by atoms with Gasteiger partial charge in [0.2, 0.25) is 0 Å². The summed E-state index contributed by atoms with van der Waals surface area (Å²) in [4.78, 5) is 4.64. The maximum atomic E-state index is 8.93. The number of benzene rings is 2. The van der Waals surface area contributed by atoms with Gasteiger partial charge in [0, 0.05) is 12.1 Å². The predicted octanol–water partition coefficient (Wildman–Crippen LogP) is 20.7. The van der Waals surface area contributed by atoms with E-state index in [1.807, 2.05) is 198 Å². The van der Waals surface area contributed by atoms with E-state index in [1.54, 1.807) is 0 Å². The minimum Gasteiger partial charge on any atom is -0.411 e. The van der Waals surface area contributed by atoms with Gasteiger partial charge in [-0.1, -0.05) is 250 Å². The molecule has 1 N–H and O–H groups in total. The fourth-order valence-electron chi connectivity index (χ4n) is 3.30. The lowest BCUT2D eigenvalue weighted by molar-refractivity contribution is 0.322. The third-order valence-electron chi connectivity index (χ3n) is 4.54. The molecular formula is C52H117N3O. The number of imidazole rings is 1. The Balaban J connectivity index is -0.0000000427. The van der Waals surface area contributed by atoms with Crippen LogP contribution in [-0.2, 0) is 6.54 Å². The molecule has 0 saturated heterocycles. The summed E-state index contributed by atoms with van der Waals surface area (Å²) in [5.41, 5.74) is 7.90. The molecule has 2 aromatic carbocycles. The van der Waals surface area contributed by atoms with Gasteiger partial charge in [-0.25, -0.2) is 4.98 Å². The third kappa shape index (κ3) is 58.1. The Labute approximate surface area is 361 Å². The van der Waals surface area contributed by atoms with Crippen LogP contribution in [0.2, 0.25) is 0 Å². The average molecular weight is 801 g/mol. The molecule has 0 aliphatic rings. The van der Waals surface area contributed by atoms with Crippen molar-refractivity contribution in [2.75, 3.05) is 0 Å². The summed E-state index contributed by atoms with van der Waals surface area (Å²) < 4.78 is 2.24. The lowest BCUT2D eigenvalue weighted by Gasteiger charge is -2.16. The number of rotatable bonds is 3. The number of hydrogen-bond donors (Lipinski definition) is 1. The maximum absolute atomic E-state index is 8.93. The van der Waals surface area contributed by atoms with Crippen molar-refractivity contribution in [2.45, 2.75) is 261 Å². The largest absolute Gasteiger partial charge is 0.411 e. The van der Waals surface area contributed by atoms with E-state index in [0.717, 1.165) is 40.1 Å². The van der Waals surface area contributed by atoms with Crippen LogP contribution in [0.3, 0.4) is 0 Å². The van der Waals surface area contributed by atoms with Gasteiger partial charge in [0.1, 0.15) is 5.82 Å². The lowest BCUT2D eigenvalue weighted by atomic mass is 9.94. The Morgan fingerprint density at radius 3 is 1.12 bits per heavy atom. The molecule has 56 heavy (non-hydrogen) atoms. The summed E-state index contributed by atoms with van der Waals surface area (Å²) in [6.07, 6.45) is 5.27. The maximum Gasteiger partial charge on any atom is 0.107 e. The normalized spacial score (nSPS) is 7.04. The second kappa shape index (κ2) is 104. The first-order valence-electron chi connectivity index (χ1n) is 24.0. The Morgan fingerprint density at radius 1 is 0.518 bits per heavy atom. The van der Waals surface area contributed by atoms with Crippen LogP contribution in [0.1, 0.15) is 261 Å². The lowest BCUT2D eigenvalue weighted by Crippen LogP contribution is -2.08. The summed E-state index contributed by atoms with van der Waals surface area (Å²) in [6.45, 7) is 69.8. The minimum absolute atomic E-state index is 0.760. The van der Waals surface area contributed by atoms with Crippen molar-refractivity contribution in [1.29, 1.82) is 0 Å². The van der Waals surface area contributed by atoms with Gasteiger partial charge in [0.15, 0.2) is 0 Å². The van der Waals surface area contributed by atoms with Crippen LogP contribution in [0.15, 0.2) is 35.5 Å². The van der Waals surface area contributed by atoms with E-state index < -0.39 is 0 Å². The van der Waals surface area contributed by atoms with E-state index in [2.05, 4.69) is 82.2 Å². The number of fused-ring (bicyclic) bond motifs is 1. The van der Waals surface area contributed by atoms with Gasteiger partial charge in [-0.05, 0) is 62.1 Å². The molecule has 0 aliphatic carbocycles. The number of nitrogens with zero attached hydrogens (tertiary/aromatic N) is 3. The smallest absolute Gasteiger partial charge is 0.107 e. The van der Waals surface area contributed by atoms with E-state index in [-0.39, 0.29) is 0 Å². The molecule has 0 fully saturated rings. The average Bonchev–Trinajstić information content (AvgIpc) is 3.61. The van der Waals surface area contributed by atoms with Gasteiger partial charge >= 0.3 is 0 Å². The number of hydrogen-bond acceptors (Lipinski definition) is 3. The molecular weight excluding hydrogens is 683 g/mol. The third-order valence-corrected chi connectivity index (χ3v) is 4.54. The van der Waals surface area contributed by atoms with E-state index in [4.69, 9.17) is 5.21 Å². The van der Waals surface area contributed by atoms with Gasteiger partial charge in [0.05, 0.1) is 17.2 Å². The van der Waals surface area contributed by atoms with Crippen molar-refractivity contribution in [3.8, 4) is 0 Å². The highest BCUT2D eigenvalue weighted by atomic mass is 16.4. The highest BCUT2D eigenvalue weighted by Crippen LogP contribution is 2.25. The van der Waals surface area contributed by atoms with Crippen molar-refractivity contribution in [1.82, 2.24) is 9.55 Å². The van der Waals surface area contributed by atoms with Crippen molar-refractivity contribution in [2.24, 2.45) is 5.16 Å². The number of aromatic nitrogens is 2. The van der Waals surface area contributed by atoms with Crippen molar-refractivity contribution < 1.29 is 5.21 Å². The first-order valence-corrected chi connectivity index (χ1v) is 24.0. The monoisotopic (exact) mass is 800 g/mol. The molecule has 0 saturated carbocycles. The number of oxime groups is 1. The van der Waals surface area contributed by atoms with Crippen LogP contribution in [0.5, 0.6) is 0 Å². The summed E-state index contributed by atoms with van der Waals surface area (Å²) in [6, 6.07) is 10.3. The molecule has 3 aromatic rings. The van der Waals surface area contributed by atoms with E-state index in [9.17, 15) is 0 Å². The molecule has 4 nitrogen and oxygen atoms in total. The van der Waals surface area contributed by atoms with E-state index in [1.165, 1.54) is 36.6 Å². The summed E-state index contributed by atoms with van der Waals surface area (Å²) in [5, 5.41) is 12.1. The Hall–Kier alpha value is -2.62. The van der Waals surface area contributed by atoms with Crippen LogP contribution >= 0.6 is 0 Å². The molecule has 0 spiro atoms. The fraction of sp³-hybridized carbons (Fsp3) is 0.731. The van der Waals surface area contributed by atoms with Crippen LogP contribution in [-0.4, -0.2) is 21.0 Å². The topological polar surface area (TPSA) is 50.4 Å². The molecule has 0 unspecified atom stereocenters. The SMILES string of the molecule is CC.CC.CC.CC.CC.CC.CC.CC.CC.CC.CC.CC.CCC.CCC.CCC.Cc1cc(C)c(Cn2c(C)nc3ccccc32)c(C)c1/C=N/O. The quantitative estimate of drug-likeness (QED) is 0.163. The minimum atomic E-state index is 0.760. The van der Waals surface area contributed by atoms with Crippen molar-refractivity contribution >= 4 is 17.2 Å². The van der Waals surface area contributed by atoms with Gasteiger partial charge in [0.25, 0.3) is 0 Å². The molecule has 0 bridgehead atoms. The highest BCUT2D eigenvalue weighted by Gasteiger charge is 2.13. The second-order valence-electron chi connectivity index (χ2n) is 8.13. The van der Waals surface area contributed by atoms with Gasteiger partial charge < -0.3 is 9.77 Å². The summed E-state index contributed by atoms with van der Waals surface area (Å²) in [7, 11) is 0. The Kier molecular flexibility index (Phi) is 168. The summed E-state index contributed by atoms with van der Waals surface area (Å²) in [5.74, 6) is 1.00. The number of para-hydroxylation sites is 2. The summed E-state index contributed by atoms with van der Waals surface area (Å²) >= 11 is 0. The van der Waals surface area contributed by atoms with Crippen LogP contribution < -0.4 is 0 Å². The van der Waals surface area contributed by atoms with Gasteiger partial charge in [-0.2, -0.15) is 0 Å². The zero-order valence-corrected chi connectivity index (χ0v) is 46.1. The molecule has 346 valence electrons. The zero-order valence-electron chi connectivity index (χ0n) is 46.1. The molecule has 1 heterocycles. The first kappa shape index (κ1) is 89.8. The van der Waals surface area contributed by atoms with Crippen molar-refractivity contribution in [3.05, 3.63) is 64.0 Å². The first-order chi connectivity index (χ1) is 27.3. The molecule has 0 radical (unpaired) electrons. The van der Waals surface area contributed by atoms with E-state index >= 15 is 0 Å². The fourth-order valence-corrected chi connectivity index (χ4v) is 3.30. The molecule has 4 heteroatoms. The van der Waals surface area contributed by atoms with Crippen LogP contribution in [0.4, 0.5) is 0 Å². The highest BCUT2D eigenvalue weighted by molar-refractivity contribution is 5.84. The molecule has 3 rings (SSSR count). The molecule has 0 aliphatic heterocycles. The second-order valence-corrected chi connectivity index (χ2v) is 8.13. The van der Waals surface area contributed by atoms with E-state index in [0.29, 0.717) is 0 Å². The Bertz CT molecular complexity index is 954. The standard InChI is InChI=1S/C19H21N3O.3C3H8.12C2H6/c1-12-9-13(2)17(14(3)16(12)10-20-23)11-22-15(4)21-18-7-5-6-8-19(18)22;3*1-3-2;12*1-2/h5-10,23H,11H2,1-4H3;3*3H2,1-2H3;12*1-2H3/b20-10+;;;;;;;;;;;;;;;. The zero-order chi connectivity index (χ0) is 48.7. The van der Waals surface area contributed by atoms with Gasteiger partial charge in [-0.15, -0.1) is 0 Å². The molecule has 1 aromatic heterocycles. The van der Waals surface area contributed by atoms with Gasteiger partial charge in [-0.3, -0.25) is 0 Å². The molecule has 0 amide bonds. The number of aryl methyl sites for hydroxylation is 3. The van der Waals surface area contributed by atoms with Crippen LogP contribution in [0.25, 0.3) is 11.0 Å². The molecule has 0 atom stereocenters.